The zero-order valence-electron chi connectivity index (χ0n) is 28.3. The lowest BCUT2D eigenvalue weighted by atomic mass is 9.59. The van der Waals surface area contributed by atoms with Gasteiger partial charge in [-0.15, -0.1) is 0 Å². The molecule has 0 heterocycles. The van der Waals surface area contributed by atoms with E-state index in [0.717, 1.165) is 0 Å². The molecule has 2 unspecified atom stereocenters. The molecule has 0 radical (unpaired) electrons. The Morgan fingerprint density at radius 1 is 0.575 bits per heavy atom. The second-order valence-corrected chi connectivity index (χ2v) is 15.1. The van der Waals surface area contributed by atoms with Crippen LogP contribution in [0.1, 0.15) is 175 Å². The molecule has 0 aliphatic heterocycles. The van der Waals surface area contributed by atoms with Crippen molar-refractivity contribution in [1.29, 1.82) is 0 Å². The molecule has 224 valence electrons. The lowest BCUT2D eigenvalue weighted by Gasteiger charge is -2.44. The van der Waals surface area contributed by atoms with Crippen LogP contribution >= 0.6 is 0 Å². The average Bonchev–Trinajstić information content (AvgIpc) is 3.22. The summed E-state index contributed by atoms with van der Waals surface area (Å²) in [6, 6.07) is 15.2. The number of fused-ring (bicyclic) bond motifs is 3. The van der Waals surface area contributed by atoms with Crippen LogP contribution in [-0.4, -0.2) is 0 Å². The van der Waals surface area contributed by atoms with Crippen LogP contribution in [0.15, 0.2) is 36.4 Å². The van der Waals surface area contributed by atoms with Crippen molar-refractivity contribution in [3.8, 4) is 11.1 Å². The molecule has 0 fully saturated rings. The highest BCUT2D eigenvalue weighted by atomic mass is 14.5. The van der Waals surface area contributed by atoms with Crippen molar-refractivity contribution in [3.63, 3.8) is 0 Å². The van der Waals surface area contributed by atoms with Gasteiger partial charge in [0.25, 0.3) is 0 Å². The van der Waals surface area contributed by atoms with Gasteiger partial charge in [0.2, 0.25) is 0 Å². The highest BCUT2D eigenvalue weighted by Crippen LogP contribution is 2.59. The molecule has 0 heteroatoms. The molecule has 0 saturated heterocycles. The third-order valence-corrected chi connectivity index (χ3v) is 10.8. The lowest BCUT2D eigenvalue weighted by Crippen LogP contribution is -2.40. The molecule has 1 aliphatic rings. The summed E-state index contributed by atoms with van der Waals surface area (Å²) in [7, 11) is 0. The number of hydrogen-bond acceptors (Lipinski definition) is 0. The number of hydrogen-bond donors (Lipinski definition) is 0. The van der Waals surface area contributed by atoms with E-state index in [1.54, 1.807) is 11.1 Å². The minimum Gasteiger partial charge on any atom is -0.0654 e. The predicted molar refractivity (Wildman–Crippen MR) is 180 cm³/mol. The van der Waals surface area contributed by atoms with E-state index in [9.17, 15) is 0 Å². The lowest BCUT2D eigenvalue weighted by molar-refractivity contribution is 0.215. The summed E-state index contributed by atoms with van der Waals surface area (Å²) in [6.45, 7) is 24.3. The van der Waals surface area contributed by atoms with Gasteiger partial charge < -0.3 is 0 Å². The Morgan fingerprint density at radius 2 is 1.00 bits per heavy atom. The predicted octanol–water partition coefficient (Wildman–Crippen LogP) is 12.9. The highest BCUT2D eigenvalue weighted by Gasteiger charge is 2.50. The first kappa shape index (κ1) is 32.9. The van der Waals surface area contributed by atoms with E-state index in [-0.39, 0.29) is 16.2 Å². The summed E-state index contributed by atoms with van der Waals surface area (Å²) in [5.41, 5.74) is 9.76. The number of benzene rings is 2. The molecule has 0 spiro atoms. The maximum absolute atomic E-state index is 2.68. The molecular weight excluding hydrogens is 480 g/mol. The van der Waals surface area contributed by atoms with Crippen LogP contribution in [0.3, 0.4) is 0 Å². The van der Waals surface area contributed by atoms with Gasteiger partial charge in [-0.25, -0.2) is 0 Å². The molecule has 0 amide bonds. The molecule has 0 aromatic heterocycles. The third kappa shape index (κ3) is 6.90. The van der Waals surface area contributed by atoms with Crippen molar-refractivity contribution >= 4 is 0 Å². The molecule has 2 atom stereocenters. The topological polar surface area (TPSA) is 0 Å². The summed E-state index contributed by atoms with van der Waals surface area (Å²) in [4.78, 5) is 0. The Hall–Kier alpha value is -1.56. The minimum absolute atomic E-state index is 0.0846. The third-order valence-electron chi connectivity index (χ3n) is 10.8. The normalized spacial score (nSPS) is 18.4. The second-order valence-electron chi connectivity index (χ2n) is 15.1. The van der Waals surface area contributed by atoms with E-state index in [0.29, 0.717) is 11.8 Å². The van der Waals surface area contributed by atoms with Crippen molar-refractivity contribution in [2.75, 3.05) is 0 Å². The van der Waals surface area contributed by atoms with Crippen molar-refractivity contribution in [2.24, 2.45) is 11.8 Å². The van der Waals surface area contributed by atoms with Gasteiger partial charge in [-0.2, -0.15) is 0 Å². The van der Waals surface area contributed by atoms with Gasteiger partial charge in [0.05, 0.1) is 0 Å². The zero-order valence-corrected chi connectivity index (χ0v) is 28.3. The van der Waals surface area contributed by atoms with Gasteiger partial charge in [0, 0.05) is 5.41 Å². The summed E-state index contributed by atoms with van der Waals surface area (Å²) in [5, 5.41) is 0. The van der Waals surface area contributed by atoms with Crippen LogP contribution in [0.2, 0.25) is 0 Å². The van der Waals surface area contributed by atoms with Crippen LogP contribution in [0.4, 0.5) is 0 Å². The molecule has 0 nitrogen and oxygen atoms in total. The summed E-state index contributed by atoms with van der Waals surface area (Å²) in [6.07, 6.45) is 17.5. The fraction of sp³-hybridized carbons (Fsp3) is 0.700. The van der Waals surface area contributed by atoms with Crippen molar-refractivity contribution in [2.45, 2.75) is 169 Å². The van der Waals surface area contributed by atoms with E-state index in [4.69, 9.17) is 0 Å². The fourth-order valence-corrected chi connectivity index (χ4v) is 7.59. The molecule has 0 bridgehead atoms. The van der Waals surface area contributed by atoms with Gasteiger partial charge in [0.1, 0.15) is 0 Å². The first-order valence-corrected chi connectivity index (χ1v) is 17.2. The molecule has 0 saturated carbocycles. The molecule has 40 heavy (non-hydrogen) atoms. The summed E-state index contributed by atoms with van der Waals surface area (Å²) in [5.74, 6) is 1.24. The van der Waals surface area contributed by atoms with Crippen molar-refractivity contribution < 1.29 is 0 Å². The summed E-state index contributed by atoms with van der Waals surface area (Å²) < 4.78 is 0. The van der Waals surface area contributed by atoms with Crippen molar-refractivity contribution in [1.82, 2.24) is 0 Å². The Balaban J connectivity index is 2.19. The quantitative estimate of drug-likeness (QED) is 0.184. The van der Waals surface area contributed by atoms with E-state index >= 15 is 0 Å². The van der Waals surface area contributed by atoms with E-state index < -0.39 is 0 Å². The van der Waals surface area contributed by atoms with Gasteiger partial charge >= 0.3 is 0 Å². The molecule has 2 aromatic rings. The maximum atomic E-state index is 2.68. The van der Waals surface area contributed by atoms with Gasteiger partial charge in [0.15, 0.2) is 0 Å². The largest absolute Gasteiger partial charge is 0.0654 e. The zero-order chi connectivity index (χ0) is 29.6. The Labute approximate surface area is 250 Å². The van der Waals surface area contributed by atoms with Crippen molar-refractivity contribution in [3.05, 3.63) is 58.7 Å². The first-order chi connectivity index (χ1) is 18.9. The van der Waals surface area contributed by atoms with Gasteiger partial charge in [-0.05, 0) is 75.3 Å². The average molecular weight is 545 g/mol. The van der Waals surface area contributed by atoms with Crippen LogP contribution < -0.4 is 0 Å². The molecule has 0 N–H and O–H groups in total. The molecule has 2 aromatic carbocycles. The molecular formula is C40H64. The van der Waals surface area contributed by atoms with E-state index in [1.165, 1.54) is 106 Å². The van der Waals surface area contributed by atoms with Gasteiger partial charge in [-0.3, -0.25) is 0 Å². The fourth-order valence-electron chi connectivity index (χ4n) is 7.59. The first-order valence-electron chi connectivity index (χ1n) is 17.2. The van der Waals surface area contributed by atoms with Crippen LogP contribution in [0.25, 0.3) is 11.1 Å². The Morgan fingerprint density at radius 3 is 1.43 bits per heavy atom. The van der Waals surface area contributed by atoms with Crippen LogP contribution in [0, 0.1) is 11.8 Å². The number of unbranched alkanes of at least 4 members (excludes halogenated alkanes) is 8. The number of rotatable bonds is 16. The maximum Gasteiger partial charge on any atom is 0.0266 e. The van der Waals surface area contributed by atoms with E-state index in [1.807, 2.05) is 0 Å². The second kappa shape index (κ2) is 14.1. The minimum atomic E-state index is 0.0846. The SMILES string of the molecule is CCCCCCCC(C)C1(C(C)CCCCCCC)c2cc(C(C)(C)C)ccc2-c2ccc(C(C)(C)CC)cc21. The highest BCUT2D eigenvalue weighted by molar-refractivity contribution is 5.82. The monoisotopic (exact) mass is 545 g/mol. The Kier molecular flexibility index (Phi) is 11.6. The van der Waals surface area contributed by atoms with E-state index in [2.05, 4.69) is 106 Å². The van der Waals surface area contributed by atoms with Crippen LogP contribution in [-0.2, 0) is 16.2 Å². The van der Waals surface area contributed by atoms with Crippen LogP contribution in [0.5, 0.6) is 0 Å². The van der Waals surface area contributed by atoms with Gasteiger partial charge in [-0.1, -0.05) is 170 Å². The smallest absolute Gasteiger partial charge is 0.0266 e. The standard InChI is InChI=1S/C40H64/c1-11-14-16-18-20-22-30(4)40(31(5)23-21-19-17-15-12-2)36-28-32(38(6,7)8)24-26-34(36)35-27-25-33(29-37(35)40)39(9,10)13-3/h24-31H,11-23H2,1-10H3. The molecule has 3 rings (SSSR count). The Bertz CT molecular complexity index is 1040. The molecule has 1 aliphatic carbocycles. The summed E-state index contributed by atoms with van der Waals surface area (Å²) >= 11 is 0.